The maximum Gasteiger partial charge on any atom is 0.417 e. The molecule has 0 fully saturated rings. The zero-order valence-electron chi connectivity index (χ0n) is 6.65. The maximum absolute atomic E-state index is 12.4. The predicted molar refractivity (Wildman–Crippen MR) is 50.7 cm³/mol. The Morgan fingerprint density at radius 3 is 2.64 bits per heavy atom. The summed E-state index contributed by atoms with van der Waals surface area (Å²) in [4.78, 5) is 0. The Bertz CT molecular complexity index is 472. The summed E-state index contributed by atoms with van der Waals surface area (Å²) in [5.74, 6) is 0. The van der Waals surface area contributed by atoms with Crippen molar-refractivity contribution in [3.8, 4) is 0 Å². The predicted octanol–water partition coefficient (Wildman–Crippen LogP) is 4.37. The molecule has 0 N–H and O–H groups in total. The molecule has 0 aliphatic rings. The summed E-state index contributed by atoms with van der Waals surface area (Å²) < 4.78 is 37.9. The van der Waals surface area contributed by atoms with E-state index >= 15 is 0 Å². The number of rotatable bonds is 0. The second-order valence-corrected chi connectivity index (χ2v) is 3.97. The fourth-order valence-corrected chi connectivity index (χ4v) is 2.27. The molecule has 0 nitrogen and oxygen atoms in total. The molecular weight excluding hydrogens is 233 g/mol. The minimum Gasteiger partial charge on any atom is -0.166 e. The van der Waals surface area contributed by atoms with Gasteiger partial charge in [-0.2, -0.15) is 13.2 Å². The highest BCUT2D eigenvalue weighted by Gasteiger charge is 2.33. The van der Waals surface area contributed by atoms with E-state index in [0.29, 0.717) is 10.1 Å². The molecule has 1 aromatic heterocycles. The Hall–Kier alpha value is -0.740. The first-order valence-electron chi connectivity index (χ1n) is 3.65. The van der Waals surface area contributed by atoms with Gasteiger partial charge in [0.25, 0.3) is 0 Å². The number of hydrogen-bond acceptors (Lipinski definition) is 1. The zero-order valence-corrected chi connectivity index (χ0v) is 8.22. The number of alkyl halides is 3. The van der Waals surface area contributed by atoms with E-state index in [1.807, 2.05) is 0 Å². The van der Waals surface area contributed by atoms with Gasteiger partial charge >= 0.3 is 6.18 Å². The number of halogens is 4. The zero-order chi connectivity index (χ0) is 10.3. The molecule has 0 aliphatic carbocycles. The van der Waals surface area contributed by atoms with Crippen molar-refractivity contribution in [3.05, 3.63) is 34.2 Å². The van der Waals surface area contributed by atoms with E-state index in [0.717, 1.165) is 6.07 Å². The molecule has 0 spiro atoms. The minimum absolute atomic E-state index is 0.267. The van der Waals surface area contributed by atoms with Crippen LogP contribution in [0.3, 0.4) is 0 Å². The fourth-order valence-electron chi connectivity index (χ4n) is 1.16. The van der Waals surface area contributed by atoms with Crippen molar-refractivity contribution in [3.63, 3.8) is 0 Å². The summed E-state index contributed by atoms with van der Waals surface area (Å²) in [6, 6.07) is 5.09. The van der Waals surface area contributed by atoms with E-state index in [1.165, 1.54) is 17.4 Å². The Kier molecular flexibility index (Phi) is 2.20. The monoisotopic (exact) mass is 235 g/mol. The highest BCUT2D eigenvalue weighted by atomic mass is 35.5. The van der Waals surface area contributed by atoms with Crippen molar-refractivity contribution in [1.29, 1.82) is 0 Å². The number of benzene rings is 1. The Balaban J connectivity index is 2.74. The molecule has 0 atom stereocenters. The molecule has 5 heteroatoms. The van der Waals surface area contributed by atoms with Gasteiger partial charge in [-0.05, 0) is 17.5 Å². The first-order chi connectivity index (χ1) is 6.50. The molecule has 0 saturated heterocycles. The van der Waals surface area contributed by atoms with Gasteiger partial charge in [0.05, 0.1) is 10.6 Å². The van der Waals surface area contributed by atoms with Crippen LogP contribution in [-0.2, 0) is 6.18 Å². The molecule has 0 unspecified atom stereocenters. The van der Waals surface area contributed by atoms with E-state index in [4.69, 9.17) is 11.6 Å². The molecule has 0 bridgehead atoms. The third-order valence-corrected chi connectivity index (χ3v) is 3.02. The summed E-state index contributed by atoms with van der Waals surface area (Å²) in [5.41, 5.74) is -0.804. The Morgan fingerprint density at radius 2 is 2.00 bits per heavy atom. The molecule has 1 aromatic carbocycles. The topological polar surface area (TPSA) is 0 Å². The van der Waals surface area contributed by atoms with Crippen LogP contribution in [0.5, 0.6) is 0 Å². The average Bonchev–Trinajstić information content (AvgIpc) is 2.50. The lowest BCUT2D eigenvalue weighted by atomic mass is 10.1. The van der Waals surface area contributed by atoms with Crippen molar-refractivity contribution in [1.82, 2.24) is 0 Å². The second-order valence-electron chi connectivity index (χ2n) is 2.68. The molecule has 0 saturated carbocycles. The van der Waals surface area contributed by atoms with Crippen LogP contribution in [0.4, 0.5) is 13.2 Å². The molecule has 2 rings (SSSR count). The molecule has 2 aromatic rings. The lowest BCUT2D eigenvalue weighted by Crippen LogP contribution is -2.05. The van der Waals surface area contributed by atoms with Crippen molar-refractivity contribution in [2.24, 2.45) is 0 Å². The normalized spacial score (nSPS) is 12.3. The van der Waals surface area contributed by atoms with Gasteiger partial charge in [0, 0.05) is 16.2 Å². The Labute approximate surface area is 86.9 Å². The van der Waals surface area contributed by atoms with Crippen LogP contribution in [0.25, 0.3) is 10.1 Å². The minimum atomic E-state index is -4.40. The van der Waals surface area contributed by atoms with Crippen LogP contribution in [0.1, 0.15) is 5.56 Å². The third kappa shape index (κ3) is 1.48. The quantitative estimate of drug-likeness (QED) is 0.636. The van der Waals surface area contributed by atoms with E-state index < -0.39 is 11.7 Å². The van der Waals surface area contributed by atoms with Crippen molar-refractivity contribution >= 4 is 33.0 Å². The van der Waals surface area contributed by atoms with Crippen molar-refractivity contribution in [2.45, 2.75) is 6.18 Å². The molecule has 0 aliphatic heterocycles. The fraction of sp³-hybridized carbons (Fsp3) is 0.111. The highest BCUT2D eigenvalue weighted by molar-refractivity contribution is 7.17. The second kappa shape index (κ2) is 3.14. The number of hydrogen-bond donors (Lipinski definition) is 0. The van der Waals surface area contributed by atoms with Gasteiger partial charge < -0.3 is 0 Å². The van der Waals surface area contributed by atoms with Gasteiger partial charge in [0.15, 0.2) is 0 Å². The van der Waals surface area contributed by atoms with Crippen molar-refractivity contribution < 1.29 is 13.2 Å². The first-order valence-corrected chi connectivity index (χ1v) is 4.90. The van der Waals surface area contributed by atoms with Gasteiger partial charge in [0.2, 0.25) is 0 Å². The molecular formula is C9H3ClF3S. The summed E-state index contributed by atoms with van der Waals surface area (Å²) in [6.07, 6.45) is -4.40. The lowest BCUT2D eigenvalue weighted by molar-refractivity contribution is -0.137. The smallest absolute Gasteiger partial charge is 0.166 e. The van der Waals surface area contributed by atoms with Crippen molar-refractivity contribution in [2.75, 3.05) is 0 Å². The molecule has 1 radical (unpaired) electrons. The van der Waals surface area contributed by atoms with E-state index in [9.17, 15) is 13.2 Å². The maximum atomic E-state index is 12.4. The largest absolute Gasteiger partial charge is 0.417 e. The summed E-state index contributed by atoms with van der Waals surface area (Å²) in [7, 11) is 0. The van der Waals surface area contributed by atoms with Crippen LogP contribution in [-0.4, -0.2) is 0 Å². The van der Waals surface area contributed by atoms with E-state index in [2.05, 4.69) is 6.07 Å². The van der Waals surface area contributed by atoms with Gasteiger partial charge in [-0.15, -0.1) is 11.3 Å². The highest BCUT2D eigenvalue weighted by Crippen LogP contribution is 2.39. The Morgan fingerprint density at radius 1 is 1.29 bits per heavy atom. The third-order valence-electron chi connectivity index (χ3n) is 1.80. The molecule has 1 heterocycles. The van der Waals surface area contributed by atoms with Crippen LogP contribution in [0.15, 0.2) is 17.5 Å². The van der Waals surface area contributed by atoms with Crippen LogP contribution in [0.2, 0.25) is 5.02 Å². The molecule has 73 valence electrons. The standard InChI is InChI=1S/C9H3ClF3S/c10-8-5-3-4-14-7(5)2-1-6(8)9(11,12)13/h1-2,4H. The lowest BCUT2D eigenvalue weighted by Gasteiger charge is -2.08. The van der Waals surface area contributed by atoms with Crippen LogP contribution in [0, 0.1) is 6.07 Å². The van der Waals surface area contributed by atoms with Crippen LogP contribution < -0.4 is 0 Å². The number of fused-ring (bicyclic) bond motifs is 1. The van der Waals surface area contributed by atoms with Gasteiger partial charge in [0.1, 0.15) is 0 Å². The van der Waals surface area contributed by atoms with Gasteiger partial charge in [-0.25, -0.2) is 0 Å². The SMILES string of the molecule is FC(F)(F)c1ccc2sc[c]c2c1Cl. The van der Waals surface area contributed by atoms with Gasteiger partial charge in [-0.1, -0.05) is 11.6 Å². The first kappa shape index (κ1) is 9.80. The summed E-state index contributed by atoms with van der Waals surface area (Å²) in [5, 5.41) is 1.67. The molecule has 0 amide bonds. The van der Waals surface area contributed by atoms with E-state index in [-0.39, 0.29) is 5.02 Å². The average molecular weight is 236 g/mol. The van der Waals surface area contributed by atoms with E-state index in [1.54, 1.807) is 5.38 Å². The van der Waals surface area contributed by atoms with Gasteiger partial charge in [-0.3, -0.25) is 0 Å². The van der Waals surface area contributed by atoms with Crippen LogP contribution >= 0.6 is 22.9 Å². The summed E-state index contributed by atoms with van der Waals surface area (Å²) in [6.45, 7) is 0. The summed E-state index contributed by atoms with van der Waals surface area (Å²) >= 11 is 6.94. The molecule has 14 heavy (non-hydrogen) atoms. The number of thiophene rings is 1.